The standard InChI is InChI=1S/C12H21N5O/c1-3-8-5-4-6-9(7-8)14-11-15-10(13)16-12(17-11)18-2/h8-9H,3-7H2,1-2H3,(H3,13,14,15,16,17). The van der Waals surface area contributed by atoms with Gasteiger partial charge in [0.25, 0.3) is 0 Å². The molecule has 1 heterocycles. The number of aromatic nitrogens is 3. The Bertz CT molecular complexity index is 398. The first-order valence-electron chi connectivity index (χ1n) is 6.53. The summed E-state index contributed by atoms with van der Waals surface area (Å²) in [5.41, 5.74) is 5.61. The van der Waals surface area contributed by atoms with Crippen molar-refractivity contribution in [2.45, 2.75) is 45.1 Å². The van der Waals surface area contributed by atoms with Gasteiger partial charge in [0.2, 0.25) is 11.9 Å². The fourth-order valence-corrected chi connectivity index (χ4v) is 2.50. The van der Waals surface area contributed by atoms with Crippen molar-refractivity contribution < 1.29 is 4.74 Å². The Hall–Kier alpha value is -1.59. The van der Waals surface area contributed by atoms with Crippen molar-refractivity contribution in [3.8, 4) is 6.01 Å². The molecule has 0 radical (unpaired) electrons. The summed E-state index contributed by atoms with van der Waals surface area (Å²) in [5, 5.41) is 3.34. The van der Waals surface area contributed by atoms with Gasteiger partial charge in [0.05, 0.1) is 7.11 Å². The molecule has 1 aliphatic carbocycles. The lowest BCUT2D eigenvalue weighted by molar-refractivity contribution is 0.326. The van der Waals surface area contributed by atoms with Crippen molar-refractivity contribution in [3.05, 3.63) is 0 Å². The molecule has 6 nitrogen and oxygen atoms in total. The molecular weight excluding hydrogens is 230 g/mol. The van der Waals surface area contributed by atoms with Gasteiger partial charge in [-0.25, -0.2) is 0 Å². The molecule has 1 fully saturated rings. The van der Waals surface area contributed by atoms with Crippen LogP contribution in [0.3, 0.4) is 0 Å². The highest BCUT2D eigenvalue weighted by Crippen LogP contribution is 2.28. The molecule has 1 saturated carbocycles. The lowest BCUT2D eigenvalue weighted by Crippen LogP contribution is -2.28. The van der Waals surface area contributed by atoms with E-state index in [0.717, 1.165) is 12.3 Å². The van der Waals surface area contributed by atoms with Crippen molar-refractivity contribution in [2.75, 3.05) is 18.2 Å². The molecule has 3 N–H and O–H groups in total. The first-order valence-corrected chi connectivity index (χ1v) is 6.53. The van der Waals surface area contributed by atoms with Crippen LogP contribution in [0.4, 0.5) is 11.9 Å². The molecule has 1 aromatic heterocycles. The Morgan fingerprint density at radius 2 is 2.17 bits per heavy atom. The van der Waals surface area contributed by atoms with Crippen LogP contribution in [0.2, 0.25) is 0 Å². The van der Waals surface area contributed by atoms with Crippen LogP contribution in [0.25, 0.3) is 0 Å². The summed E-state index contributed by atoms with van der Waals surface area (Å²) in [6.45, 7) is 2.25. The zero-order valence-electron chi connectivity index (χ0n) is 11.0. The van der Waals surface area contributed by atoms with Crippen LogP contribution < -0.4 is 15.8 Å². The number of ether oxygens (including phenoxy) is 1. The highest BCUT2D eigenvalue weighted by molar-refractivity contribution is 5.33. The predicted molar refractivity (Wildman–Crippen MR) is 70.5 cm³/mol. The summed E-state index contributed by atoms with van der Waals surface area (Å²) in [4.78, 5) is 12.1. The van der Waals surface area contributed by atoms with E-state index in [2.05, 4.69) is 27.2 Å². The van der Waals surface area contributed by atoms with E-state index < -0.39 is 0 Å². The van der Waals surface area contributed by atoms with Gasteiger partial charge in [0, 0.05) is 6.04 Å². The summed E-state index contributed by atoms with van der Waals surface area (Å²) < 4.78 is 4.98. The lowest BCUT2D eigenvalue weighted by atomic mass is 9.84. The van der Waals surface area contributed by atoms with Crippen LogP contribution >= 0.6 is 0 Å². The van der Waals surface area contributed by atoms with Crippen molar-refractivity contribution in [2.24, 2.45) is 5.92 Å². The molecule has 0 spiro atoms. The Labute approximate surface area is 107 Å². The zero-order valence-corrected chi connectivity index (χ0v) is 11.0. The number of hydrogen-bond donors (Lipinski definition) is 2. The molecule has 1 aromatic rings. The van der Waals surface area contributed by atoms with Crippen molar-refractivity contribution >= 4 is 11.9 Å². The SMILES string of the molecule is CCC1CCCC(Nc2nc(N)nc(OC)n2)C1. The maximum absolute atomic E-state index is 5.61. The number of nitrogens with one attached hydrogen (secondary N) is 1. The third kappa shape index (κ3) is 3.21. The molecule has 1 aliphatic rings. The molecule has 0 aromatic carbocycles. The fraction of sp³-hybridized carbons (Fsp3) is 0.750. The smallest absolute Gasteiger partial charge is 0.322 e. The van der Waals surface area contributed by atoms with Crippen LogP contribution in [-0.2, 0) is 0 Å². The van der Waals surface area contributed by atoms with Crippen molar-refractivity contribution in [1.29, 1.82) is 0 Å². The van der Waals surface area contributed by atoms with E-state index >= 15 is 0 Å². The fourth-order valence-electron chi connectivity index (χ4n) is 2.50. The van der Waals surface area contributed by atoms with E-state index in [1.165, 1.54) is 32.8 Å². The van der Waals surface area contributed by atoms with Crippen molar-refractivity contribution in [1.82, 2.24) is 15.0 Å². The number of hydrogen-bond acceptors (Lipinski definition) is 6. The van der Waals surface area contributed by atoms with Crippen LogP contribution in [0.1, 0.15) is 39.0 Å². The number of nitrogen functional groups attached to an aromatic ring is 1. The van der Waals surface area contributed by atoms with Gasteiger partial charge in [-0.05, 0) is 18.8 Å². The summed E-state index contributed by atoms with van der Waals surface area (Å²) >= 11 is 0. The van der Waals surface area contributed by atoms with E-state index in [0.29, 0.717) is 12.0 Å². The molecule has 0 amide bonds. The highest BCUT2D eigenvalue weighted by Gasteiger charge is 2.21. The number of rotatable bonds is 4. The minimum Gasteiger partial charge on any atom is -0.467 e. The predicted octanol–water partition coefficient (Wildman–Crippen LogP) is 1.84. The topological polar surface area (TPSA) is 86.0 Å². The maximum atomic E-state index is 5.61. The molecule has 0 aliphatic heterocycles. The van der Waals surface area contributed by atoms with Gasteiger partial charge in [-0.15, -0.1) is 0 Å². The van der Waals surface area contributed by atoms with E-state index in [1.807, 2.05) is 0 Å². The van der Waals surface area contributed by atoms with Gasteiger partial charge < -0.3 is 15.8 Å². The van der Waals surface area contributed by atoms with Crippen LogP contribution in [-0.4, -0.2) is 28.1 Å². The molecular formula is C12H21N5O. The summed E-state index contributed by atoms with van der Waals surface area (Å²) in [7, 11) is 1.52. The maximum Gasteiger partial charge on any atom is 0.322 e. The first-order chi connectivity index (χ1) is 8.71. The molecule has 2 unspecified atom stereocenters. The van der Waals surface area contributed by atoms with Gasteiger partial charge >= 0.3 is 6.01 Å². The second-order valence-electron chi connectivity index (χ2n) is 4.79. The minimum atomic E-state index is 0.187. The van der Waals surface area contributed by atoms with Crippen LogP contribution in [0.5, 0.6) is 6.01 Å². The molecule has 18 heavy (non-hydrogen) atoms. The van der Waals surface area contributed by atoms with Gasteiger partial charge in [0.15, 0.2) is 0 Å². The monoisotopic (exact) mass is 251 g/mol. The molecule has 100 valence electrons. The number of nitrogens with two attached hydrogens (primary N) is 1. The Balaban J connectivity index is 2.02. The number of methoxy groups -OCH3 is 1. The first kappa shape index (κ1) is 12.9. The number of nitrogens with zero attached hydrogens (tertiary/aromatic N) is 3. The second-order valence-corrected chi connectivity index (χ2v) is 4.79. The summed E-state index contributed by atoms with van der Waals surface area (Å²) in [6.07, 6.45) is 6.15. The lowest BCUT2D eigenvalue weighted by Gasteiger charge is -2.29. The van der Waals surface area contributed by atoms with E-state index in [9.17, 15) is 0 Å². The highest BCUT2D eigenvalue weighted by atomic mass is 16.5. The zero-order chi connectivity index (χ0) is 13.0. The Morgan fingerprint density at radius 1 is 1.33 bits per heavy atom. The van der Waals surface area contributed by atoms with Gasteiger partial charge in [-0.3, -0.25) is 0 Å². The normalized spacial score (nSPS) is 23.7. The quantitative estimate of drug-likeness (QED) is 0.849. The third-order valence-corrected chi connectivity index (χ3v) is 3.51. The van der Waals surface area contributed by atoms with E-state index in [4.69, 9.17) is 10.5 Å². The van der Waals surface area contributed by atoms with Gasteiger partial charge in [0.1, 0.15) is 0 Å². The van der Waals surface area contributed by atoms with Crippen molar-refractivity contribution in [3.63, 3.8) is 0 Å². The summed E-state index contributed by atoms with van der Waals surface area (Å²) in [5.74, 6) is 1.51. The summed E-state index contributed by atoms with van der Waals surface area (Å²) in [6, 6.07) is 0.683. The second kappa shape index (κ2) is 5.84. The van der Waals surface area contributed by atoms with Crippen LogP contribution in [0.15, 0.2) is 0 Å². The Morgan fingerprint density at radius 3 is 2.89 bits per heavy atom. The van der Waals surface area contributed by atoms with E-state index in [-0.39, 0.29) is 12.0 Å². The van der Waals surface area contributed by atoms with Gasteiger partial charge in [-0.2, -0.15) is 15.0 Å². The van der Waals surface area contributed by atoms with Crippen LogP contribution in [0, 0.1) is 5.92 Å². The average molecular weight is 251 g/mol. The molecule has 6 heteroatoms. The van der Waals surface area contributed by atoms with E-state index in [1.54, 1.807) is 0 Å². The minimum absolute atomic E-state index is 0.187. The average Bonchev–Trinajstić information content (AvgIpc) is 2.38. The third-order valence-electron chi connectivity index (χ3n) is 3.51. The Kier molecular flexibility index (Phi) is 4.17. The molecule has 0 bridgehead atoms. The molecule has 2 rings (SSSR count). The molecule has 0 saturated heterocycles. The largest absolute Gasteiger partial charge is 0.467 e. The van der Waals surface area contributed by atoms with Gasteiger partial charge in [-0.1, -0.05) is 26.2 Å². The number of anilines is 2. The molecule has 2 atom stereocenters.